The SMILES string of the molecule is CC(=O)OCCCOC(C)=O.N.N. The predicted molar refractivity (Wildman–Crippen MR) is 47.9 cm³/mol. The molecule has 0 aromatic carbocycles. The fourth-order valence-corrected chi connectivity index (χ4v) is 0.491. The molecule has 80 valence electrons. The molecule has 0 amide bonds. The van der Waals surface area contributed by atoms with Crippen molar-refractivity contribution in [2.45, 2.75) is 20.3 Å². The van der Waals surface area contributed by atoms with Gasteiger partial charge in [0.1, 0.15) is 0 Å². The van der Waals surface area contributed by atoms with Gasteiger partial charge in [0, 0.05) is 20.3 Å². The average molecular weight is 194 g/mol. The van der Waals surface area contributed by atoms with Crippen LogP contribution in [0.5, 0.6) is 0 Å². The molecule has 0 atom stereocenters. The molecule has 0 rings (SSSR count). The van der Waals surface area contributed by atoms with Gasteiger partial charge < -0.3 is 21.8 Å². The van der Waals surface area contributed by atoms with Gasteiger partial charge in [-0.3, -0.25) is 9.59 Å². The van der Waals surface area contributed by atoms with E-state index in [0.29, 0.717) is 19.6 Å². The monoisotopic (exact) mass is 194 g/mol. The standard InChI is InChI=1S/C7H12O4.2H3N/c1-6(8)10-4-3-5-11-7(2)9;;/h3-5H2,1-2H3;2*1H3. The lowest BCUT2D eigenvalue weighted by molar-refractivity contribution is -0.143. The minimum atomic E-state index is -0.312. The van der Waals surface area contributed by atoms with E-state index in [4.69, 9.17) is 0 Å². The van der Waals surface area contributed by atoms with E-state index in [-0.39, 0.29) is 24.2 Å². The van der Waals surface area contributed by atoms with E-state index in [1.807, 2.05) is 0 Å². The average Bonchev–Trinajstić information content (AvgIpc) is 1.85. The van der Waals surface area contributed by atoms with Crippen LogP contribution < -0.4 is 12.3 Å². The molecule has 0 fully saturated rings. The van der Waals surface area contributed by atoms with E-state index < -0.39 is 0 Å². The van der Waals surface area contributed by atoms with Gasteiger partial charge in [0.15, 0.2) is 0 Å². The number of rotatable bonds is 4. The number of esters is 2. The molecule has 6 nitrogen and oxygen atoms in total. The van der Waals surface area contributed by atoms with E-state index in [0.717, 1.165) is 0 Å². The summed E-state index contributed by atoms with van der Waals surface area (Å²) in [4.78, 5) is 20.4. The predicted octanol–water partition coefficient (Wildman–Crippen LogP) is 0.827. The highest BCUT2D eigenvalue weighted by atomic mass is 16.5. The maximum atomic E-state index is 10.2. The van der Waals surface area contributed by atoms with Gasteiger partial charge in [0.25, 0.3) is 0 Å². The van der Waals surface area contributed by atoms with Crippen LogP contribution in [0.15, 0.2) is 0 Å². The quantitative estimate of drug-likeness (QED) is 0.504. The maximum Gasteiger partial charge on any atom is 0.302 e. The van der Waals surface area contributed by atoms with Crippen LogP contribution in [-0.2, 0) is 19.1 Å². The van der Waals surface area contributed by atoms with Crippen LogP contribution in [0.4, 0.5) is 0 Å². The third kappa shape index (κ3) is 18.1. The Labute approximate surface area is 77.8 Å². The highest BCUT2D eigenvalue weighted by Gasteiger charge is 1.94. The zero-order valence-electron chi connectivity index (χ0n) is 8.17. The van der Waals surface area contributed by atoms with Gasteiger partial charge in [0.2, 0.25) is 0 Å². The molecule has 6 N–H and O–H groups in total. The summed E-state index contributed by atoms with van der Waals surface area (Å²) in [5.41, 5.74) is 0. The molecule has 0 aromatic heterocycles. The summed E-state index contributed by atoms with van der Waals surface area (Å²) in [6.07, 6.45) is 0.555. The number of hydrogen-bond acceptors (Lipinski definition) is 6. The molecule has 0 heterocycles. The summed E-state index contributed by atoms with van der Waals surface area (Å²) in [5.74, 6) is -0.624. The third-order valence-corrected chi connectivity index (χ3v) is 0.899. The van der Waals surface area contributed by atoms with Crippen molar-refractivity contribution in [3.63, 3.8) is 0 Å². The largest absolute Gasteiger partial charge is 0.466 e. The Kier molecular flexibility index (Phi) is 14.9. The molecule has 0 saturated heterocycles. The topological polar surface area (TPSA) is 123 Å². The first-order chi connectivity index (χ1) is 5.13. The highest BCUT2D eigenvalue weighted by Crippen LogP contribution is 1.85. The maximum absolute atomic E-state index is 10.2. The van der Waals surface area contributed by atoms with Crippen molar-refractivity contribution < 1.29 is 19.1 Å². The second kappa shape index (κ2) is 10.9. The molecule has 0 aromatic rings. The van der Waals surface area contributed by atoms with E-state index in [1.54, 1.807) is 0 Å². The summed E-state index contributed by atoms with van der Waals surface area (Å²) < 4.78 is 9.19. The number of carbonyl (C=O) groups excluding carboxylic acids is 2. The van der Waals surface area contributed by atoms with Crippen molar-refractivity contribution >= 4 is 11.9 Å². The van der Waals surface area contributed by atoms with Crippen molar-refractivity contribution in [2.75, 3.05) is 13.2 Å². The summed E-state index contributed by atoms with van der Waals surface area (Å²) in [5, 5.41) is 0. The Morgan fingerprint density at radius 2 is 1.23 bits per heavy atom. The fraction of sp³-hybridized carbons (Fsp3) is 0.714. The molecule has 0 saturated carbocycles. The van der Waals surface area contributed by atoms with Crippen LogP contribution in [0.2, 0.25) is 0 Å². The Bertz CT molecular complexity index is 133. The van der Waals surface area contributed by atoms with Crippen LogP contribution in [-0.4, -0.2) is 25.2 Å². The molecule has 0 bridgehead atoms. The van der Waals surface area contributed by atoms with Crippen LogP contribution in [0.3, 0.4) is 0 Å². The lowest BCUT2D eigenvalue weighted by Gasteiger charge is -2.01. The van der Waals surface area contributed by atoms with Crippen molar-refractivity contribution in [2.24, 2.45) is 0 Å². The first-order valence-corrected chi connectivity index (χ1v) is 3.39. The number of hydrogen-bond donors (Lipinski definition) is 2. The van der Waals surface area contributed by atoms with Gasteiger partial charge >= 0.3 is 11.9 Å². The van der Waals surface area contributed by atoms with E-state index in [1.165, 1.54) is 13.8 Å². The molecule has 13 heavy (non-hydrogen) atoms. The molecule has 0 aliphatic heterocycles. The lowest BCUT2D eigenvalue weighted by atomic mass is 10.5. The van der Waals surface area contributed by atoms with E-state index >= 15 is 0 Å². The second-order valence-corrected chi connectivity index (χ2v) is 2.03. The fourth-order valence-electron chi connectivity index (χ4n) is 0.491. The summed E-state index contributed by atoms with van der Waals surface area (Å²) >= 11 is 0. The smallest absolute Gasteiger partial charge is 0.302 e. The molecule has 0 spiro atoms. The Morgan fingerprint density at radius 3 is 1.46 bits per heavy atom. The number of carbonyl (C=O) groups is 2. The van der Waals surface area contributed by atoms with Crippen molar-refractivity contribution in [3.05, 3.63) is 0 Å². The van der Waals surface area contributed by atoms with Gasteiger partial charge in [0.05, 0.1) is 13.2 Å². The minimum Gasteiger partial charge on any atom is -0.466 e. The molecule has 0 radical (unpaired) electrons. The summed E-state index contributed by atoms with van der Waals surface area (Å²) in [6.45, 7) is 3.29. The zero-order valence-corrected chi connectivity index (χ0v) is 8.17. The first kappa shape index (κ1) is 17.8. The van der Waals surface area contributed by atoms with Gasteiger partial charge in [-0.05, 0) is 0 Å². The van der Waals surface area contributed by atoms with Gasteiger partial charge in [-0.1, -0.05) is 0 Å². The summed E-state index contributed by atoms with van der Waals surface area (Å²) in [6, 6.07) is 0. The first-order valence-electron chi connectivity index (χ1n) is 3.39. The molecule has 0 aliphatic carbocycles. The van der Waals surface area contributed by atoms with Crippen LogP contribution in [0, 0.1) is 0 Å². The van der Waals surface area contributed by atoms with Crippen LogP contribution in [0.25, 0.3) is 0 Å². The lowest BCUT2D eigenvalue weighted by Crippen LogP contribution is -2.06. The summed E-state index contributed by atoms with van der Waals surface area (Å²) in [7, 11) is 0. The van der Waals surface area contributed by atoms with Gasteiger partial charge in [-0.2, -0.15) is 0 Å². The molecule has 6 heteroatoms. The Morgan fingerprint density at radius 1 is 0.923 bits per heavy atom. The van der Waals surface area contributed by atoms with Crippen molar-refractivity contribution in [1.82, 2.24) is 12.3 Å². The Balaban J connectivity index is -0.000000500. The van der Waals surface area contributed by atoms with E-state index in [9.17, 15) is 9.59 Å². The molecule has 0 aliphatic rings. The second-order valence-electron chi connectivity index (χ2n) is 2.03. The molecular weight excluding hydrogens is 176 g/mol. The molecule has 0 unspecified atom stereocenters. The van der Waals surface area contributed by atoms with Crippen molar-refractivity contribution in [3.8, 4) is 0 Å². The van der Waals surface area contributed by atoms with Crippen LogP contribution >= 0.6 is 0 Å². The number of ether oxygens (including phenoxy) is 2. The third-order valence-electron chi connectivity index (χ3n) is 0.899. The van der Waals surface area contributed by atoms with E-state index in [2.05, 4.69) is 9.47 Å². The highest BCUT2D eigenvalue weighted by molar-refractivity contribution is 5.66. The van der Waals surface area contributed by atoms with Crippen molar-refractivity contribution in [1.29, 1.82) is 0 Å². The zero-order chi connectivity index (χ0) is 8.69. The molecular formula is C7H18N2O4. The Hall–Kier alpha value is -1.14. The van der Waals surface area contributed by atoms with Crippen LogP contribution in [0.1, 0.15) is 20.3 Å². The van der Waals surface area contributed by atoms with Gasteiger partial charge in [-0.25, -0.2) is 0 Å². The minimum absolute atomic E-state index is 0. The normalized spacial score (nSPS) is 7.54. The van der Waals surface area contributed by atoms with Gasteiger partial charge in [-0.15, -0.1) is 0 Å².